The van der Waals surface area contributed by atoms with Crippen molar-refractivity contribution in [3.8, 4) is 0 Å². The number of hydrogen-bond donors (Lipinski definition) is 1. The lowest BCUT2D eigenvalue weighted by Gasteiger charge is -2.17. The Morgan fingerprint density at radius 2 is 2.32 bits per heavy atom. The number of hydrogen-bond acceptors (Lipinski definition) is 3. The second kappa shape index (κ2) is 5.40. The van der Waals surface area contributed by atoms with Gasteiger partial charge in [0.2, 0.25) is 0 Å². The normalized spacial score (nSPS) is 13.1. The number of aryl methyl sites for hydroxylation is 1. The van der Waals surface area contributed by atoms with E-state index in [1.807, 2.05) is 47.8 Å². The van der Waals surface area contributed by atoms with E-state index in [-0.39, 0.29) is 5.92 Å². The second-order valence-corrected chi connectivity index (χ2v) is 5.09. The summed E-state index contributed by atoms with van der Waals surface area (Å²) in [5.74, 6) is -1.14. The van der Waals surface area contributed by atoms with Crippen LogP contribution < -0.4 is 0 Å². The number of aromatic nitrogens is 2. The fourth-order valence-electron chi connectivity index (χ4n) is 2.17. The standard InChI is InChI=1S/C14H19N3O2/c1-10-5-4-6-17-9-12(15-13(10)17)8-16(3)7-11(2)14(18)19/h4-6,9,11H,7-8H2,1-3H3,(H,18,19). The Bertz CT molecular complexity index is 591. The lowest BCUT2D eigenvalue weighted by molar-refractivity contribution is -0.141. The minimum Gasteiger partial charge on any atom is -0.481 e. The summed E-state index contributed by atoms with van der Waals surface area (Å²) in [7, 11) is 1.91. The molecule has 0 aliphatic heterocycles. The fourth-order valence-corrected chi connectivity index (χ4v) is 2.17. The maximum atomic E-state index is 10.8. The Hall–Kier alpha value is -1.88. The molecule has 0 spiro atoms. The van der Waals surface area contributed by atoms with Crippen molar-refractivity contribution in [2.45, 2.75) is 20.4 Å². The van der Waals surface area contributed by atoms with Crippen LogP contribution in [0.1, 0.15) is 18.2 Å². The Kier molecular flexibility index (Phi) is 3.85. The molecule has 0 fully saturated rings. The first kappa shape index (κ1) is 13.5. The smallest absolute Gasteiger partial charge is 0.307 e. The van der Waals surface area contributed by atoms with Gasteiger partial charge in [0.05, 0.1) is 11.6 Å². The Morgan fingerprint density at radius 1 is 1.58 bits per heavy atom. The van der Waals surface area contributed by atoms with Gasteiger partial charge in [-0.1, -0.05) is 13.0 Å². The lowest BCUT2D eigenvalue weighted by Crippen LogP contribution is -2.28. The van der Waals surface area contributed by atoms with Crippen LogP contribution in [0.15, 0.2) is 24.5 Å². The highest BCUT2D eigenvalue weighted by atomic mass is 16.4. The van der Waals surface area contributed by atoms with E-state index in [0.717, 1.165) is 16.9 Å². The van der Waals surface area contributed by atoms with Crippen LogP contribution in [-0.2, 0) is 11.3 Å². The molecule has 0 radical (unpaired) electrons. The van der Waals surface area contributed by atoms with Crippen molar-refractivity contribution in [2.75, 3.05) is 13.6 Å². The van der Waals surface area contributed by atoms with E-state index < -0.39 is 5.97 Å². The van der Waals surface area contributed by atoms with Crippen LogP contribution in [0, 0.1) is 12.8 Å². The van der Waals surface area contributed by atoms with Gasteiger partial charge in [0.1, 0.15) is 5.65 Å². The highest BCUT2D eigenvalue weighted by Gasteiger charge is 2.14. The van der Waals surface area contributed by atoms with Crippen molar-refractivity contribution in [1.82, 2.24) is 14.3 Å². The maximum Gasteiger partial charge on any atom is 0.307 e. The van der Waals surface area contributed by atoms with E-state index in [0.29, 0.717) is 13.1 Å². The van der Waals surface area contributed by atoms with Gasteiger partial charge >= 0.3 is 5.97 Å². The summed E-state index contributed by atoms with van der Waals surface area (Å²) in [6.45, 7) is 4.91. The molecule has 0 aliphatic carbocycles. The van der Waals surface area contributed by atoms with Crippen LogP contribution in [-0.4, -0.2) is 39.0 Å². The van der Waals surface area contributed by atoms with Gasteiger partial charge < -0.3 is 9.51 Å². The molecule has 1 unspecified atom stereocenters. The summed E-state index contributed by atoms with van der Waals surface area (Å²) in [5.41, 5.74) is 3.04. The topological polar surface area (TPSA) is 57.8 Å². The number of fused-ring (bicyclic) bond motifs is 1. The summed E-state index contributed by atoms with van der Waals surface area (Å²) in [4.78, 5) is 17.4. The molecular formula is C14H19N3O2. The van der Waals surface area contributed by atoms with Gasteiger partial charge in [-0.2, -0.15) is 0 Å². The lowest BCUT2D eigenvalue weighted by atomic mass is 10.2. The average molecular weight is 261 g/mol. The third kappa shape index (κ3) is 3.12. The van der Waals surface area contributed by atoms with Crippen molar-refractivity contribution in [3.05, 3.63) is 35.8 Å². The number of aliphatic carboxylic acids is 1. The first-order chi connectivity index (χ1) is 8.97. The summed E-state index contributed by atoms with van der Waals surface area (Å²) >= 11 is 0. The van der Waals surface area contributed by atoms with Gasteiger partial charge in [0.15, 0.2) is 0 Å². The summed E-state index contributed by atoms with van der Waals surface area (Å²) in [6.07, 6.45) is 3.96. The van der Waals surface area contributed by atoms with Crippen molar-refractivity contribution >= 4 is 11.6 Å². The molecule has 2 rings (SSSR count). The van der Waals surface area contributed by atoms with Crippen LogP contribution in [0.5, 0.6) is 0 Å². The summed E-state index contributed by atoms with van der Waals surface area (Å²) < 4.78 is 2.00. The molecule has 1 atom stereocenters. The monoisotopic (exact) mass is 261 g/mol. The van der Waals surface area contributed by atoms with Crippen molar-refractivity contribution < 1.29 is 9.90 Å². The number of carboxylic acid groups (broad SMARTS) is 1. The van der Waals surface area contributed by atoms with Gasteiger partial charge in [0, 0.05) is 25.5 Å². The Balaban J connectivity index is 2.09. The first-order valence-electron chi connectivity index (χ1n) is 6.32. The molecule has 0 aliphatic rings. The molecular weight excluding hydrogens is 242 g/mol. The van der Waals surface area contributed by atoms with E-state index in [9.17, 15) is 4.79 Å². The Labute approximate surface area is 112 Å². The highest BCUT2D eigenvalue weighted by Crippen LogP contribution is 2.11. The largest absolute Gasteiger partial charge is 0.481 e. The van der Waals surface area contributed by atoms with E-state index in [4.69, 9.17) is 5.11 Å². The number of carboxylic acids is 1. The molecule has 102 valence electrons. The minimum atomic E-state index is -0.766. The average Bonchev–Trinajstić information content (AvgIpc) is 2.72. The molecule has 0 bridgehead atoms. The third-order valence-corrected chi connectivity index (χ3v) is 3.17. The zero-order chi connectivity index (χ0) is 14.0. The minimum absolute atomic E-state index is 0.372. The number of carbonyl (C=O) groups is 1. The maximum absolute atomic E-state index is 10.8. The zero-order valence-electron chi connectivity index (χ0n) is 11.5. The van der Waals surface area contributed by atoms with Gasteiger partial charge in [-0.05, 0) is 25.6 Å². The predicted octanol–water partition coefficient (Wildman–Crippen LogP) is 1.80. The van der Waals surface area contributed by atoms with E-state index >= 15 is 0 Å². The SMILES string of the molecule is Cc1cccn2cc(CN(C)CC(C)C(=O)O)nc12. The van der Waals surface area contributed by atoms with Crippen molar-refractivity contribution in [1.29, 1.82) is 0 Å². The number of rotatable bonds is 5. The Morgan fingerprint density at radius 3 is 2.95 bits per heavy atom. The van der Waals surface area contributed by atoms with Gasteiger partial charge in [-0.15, -0.1) is 0 Å². The quantitative estimate of drug-likeness (QED) is 0.891. The number of nitrogens with zero attached hydrogens (tertiary/aromatic N) is 3. The molecule has 0 saturated carbocycles. The van der Waals surface area contributed by atoms with Crippen LogP contribution >= 0.6 is 0 Å². The van der Waals surface area contributed by atoms with Crippen LogP contribution in [0.4, 0.5) is 0 Å². The molecule has 0 saturated heterocycles. The molecule has 1 N–H and O–H groups in total. The van der Waals surface area contributed by atoms with Gasteiger partial charge in [0.25, 0.3) is 0 Å². The second-order valence-electron chi connectivity index (χ2n) is 5.09. The fraction of sp³-hybridized carbons (Fsp3) is 0.429. The third-order valence-electron chi connectivity index (χ3n) is 3.17. The summed E-state index contributed by atoms with van der Waals surface area (Å²) in [5, 5.41) is 8.90. The van der Waals surface area contributed by atoms with Crippen LogP contribution in [0.3, 0.4) is 0 Å². The molecule has 19 heavy (non-hydrogen) atoms. The molecule has 2 heterocycles. The molecule has 5 heteroatoms. The molecule has 5 nitrogen and oxygen atoms in total. The molecule has 2 aromatic rings. The van der Waals surface area contributed by atoms with Gasteiger partial charge in [-0.3, -0.25) is 9.69 Å². The first-order valence-corrected chi connectivity index (χ1v) is 6.32. The van der Waals surface area contributed by atoms with E-state index in [2.05, 4.69) is 4.98 Å². The molecule has 0 amide bonds. The summed E-state index contributed by atoms with van der Waals surface area (Å²) in [6, 6.07) is 4.02. The van der Waals surface area contributed by atoms with E-state index in [1.165, 1.54) is 0 Å². The van der Waals surface area contributed by atoms with Crippen LogP contribution in [0.2, 0.25) is 0 Å². The van der Waals surface area contributed by atoms with Gasteiger partial charge in [-0.25, -0.2) is 4.98 Å². The molecule has 2 aromatic heterocycles. The van der Waals surface area contributed by atoms with Crippen LogP contribution in [0.25, 0.3) is 5.65 Å². The van der Waals surface area contributed by atoms with Crippen molar-refractivity contribution in [3.63, 3.8) is 0 Å². The zero-order valence-corrected chi connectivity index (χ0v) is 11.5. The molecule has 0 aromatic carbocycles. The highest BCUT2D eigenvalue weighted by molar-refractivity contribution is 5.69. The number of pyridine rings is 1. The van der Waals surface area contributed by atoms with E-state index in [1.54, 1.807) is 6.92 Å². The van der Waals surface area contributed by atoms with Crippen molar-refractivity contribution in [2.24, 2.45) is 5.92 Å². The predicted molar refractivity (Wildman–Crippen MR) is 73.1 cm³/mol. The number of imidazole rings is 1.